The molecule has 0 radical (unpaired) electrons. The van der Waals surface area contributed by atoms with E-state index in [9.17, 15) is 0 Å². The van der Waals surface area contributed by atoms with Gasteiger partial charge in [0.1, 0.15) is 5.82 Å². The van der Waals surface area contributed by atoms with Gasteiger partial charge in [-0.05, 0) is 12.1 Å². The van der Waals surface area contributed by atoms with Crippen LogP contribution in [0.25, 0.3) is 11.3 Å². The van der Waals surface area contributed by atoms with Crippen LogP contribution >= 0.6 is 0 Å². The zero-order chi connectivity index (χ0) is 14.0. The van der Waals surface area contributed by atoms with Crippen LogP contribution in [0, 0.1) is 0 Å². The number of methoxy groups -OCH3 is 3. The molecule has 0 atom stereocenters. The van der Waals surface area contributed by atoms with Crippen LogP contribution in [0.2, 0.25) is 0 Å². The molecule has 6 heteroatoms. The zero-order valence-corrected chi connectivity index (χ0v) is 11.4. The summed E-state index contributed by atoms with van der Waals surface area (Å²) >= 11 is 0. The van der Waals surface area contributed by atoms with Crippen molar-refractivity contribution in [3.8, 4) is 28.5 Å². The lowest BCUT2D eigenvalue weighted by Crippen LogP contribution is -1.97. The minimum absolute atomic E-state index is 0.553. The first-order valence-electron chi connectivity index (χ1n) is 5.70. The third-order valence-corrected chi connectivity index (χ3v) is 2.88. The number of ether oxygens (including phenoxy) is 3. The van der Waals surface area contributed by atoms with Crippen molar-refractivity contribution in [2.24, 2.45) is 7.05 Å². The van der Waals surface area contributed by atoms with Gasteiger partial charge in [-0.1, -0.05) is 0 Å². The van der Waals surface area contributed by atoms with Crippen molar-refractivity contribution < 1.29 is 14.2 Å². The maximum atomic E-state index is 5.79. The van der Waals surface area contributed by atoms with Gasteiger partial charge in [0.2, 0.25) is 5.75 Å². The van der Waals surface area contributed by atoms with Gasteiger partial charge in [0.05, 0.1) is 27.0 Å². The molecule has 0 fully saturated rings. The average Bonchev–Trinajstić information content (AvgIpc) is 2.76. The van der Waals surface area contributed by atoms with Gasteiger partial charge < -0.3 is 19.9 Å². The third-order valence-electron chi connectivity index (χ3n) is 2.88. The molecule has 1 heterocycles. The van der Waals surface area contributed by atoms with Crippen molar-refractivity contribution in [3.63, 3.8) is 0 Å². The fourth-order valence-corrected chi connectivity index (χ4v) is 1.85. The molecular formula is C13H17N3O3. The molecule has 0 unspecified atom stereocenters. The molecule has 0 spiro atoms. The Morgan fingerprint density at radius 3 is 1.95 bits per heavy atom. The van der Waals surface area contributed by atoms with Crippen LogP contribution in [-0.4, -0.2) is 31.1 Å². The molecule has 0 amide bonds. The maximum Gasteiger partial charge on any atom is 0.203 e. The Kier molecular flexibility index (Phi) is 3.50. The van der Waals surface area contributed by atoms with E-state index in [1.165, 1.54) is 0 Å². The van der Waals surface area contributed by atoms with Crippen molar-refractivity contribution in [2.75, 3.05) is 27.1 Å². The van der Waals surface area contributed by atoms with Crippen LogP contribution in [0.15, 0.2) is 18.2 Å². The number of nitrogens with zero attached hydrogens (tertiary/aromatic N) is 2. The number of benzene rings is 1. The van der Waals surface area contributed by atoms with Gasteiger partial charge >= 0.3 is 0 Å². The molecule has 1 aromatic heterocycles. The predicted molar refractivity (Wildman–Crippen MR) is 72.7 cm³/mol. The van der Waals surface area contributed by atoms with E-state index in [-0.39, 0.29) is 0 Å². The molecule has 6 nitrogen and oxygen atoms in total. The number of hydrogen-bond acceptors (Lipinski definition) is 5. The summed E-state index contributed by atoms with van der Waals surface area (Å²) in [5.41, 5.74) is 7.39. The highest BCUT2D eigenvalue weighted by Crippen LogP contribution is 2.40. The lowest BCUT2D eigenvalue weighted by molar-refractivity contribution is 0.324. The van der Waals surface area contributed by atoms with E-state index in [0.29, 0.717) is 23.1 Å². The van der Waals surface area contributed by atoms with E-state index < -0.39 is 0 Å². The van der Waals surface area contributed by atoms with E-state index in [1.54, 1.807) is 39.1 Å². The standard InChI is InChI=1S/C13H17N3O3/c1-16-12(14)7-9(15-16)8-5-10(17-2)13(19-4)11(6-8)18-3/h5-7H,14H2,1-4H3. The Morgan fingerprint density at radius 2 is 1.58 bits per heavy atom. The van der Waals surface area contributed by atoms with Gasteiger partial charge in [0, 0.05) is 18.7 Å². The highest BCUT2D eigenvalue weighted by Gasteiger charge is 2.15. The number of anilines is 1. The summed E-state index contributed by atoms with van der Waals surface area (Å²) in [6.45, 7) is 0. The topological polar surface area (TPSA) is 71.5 Å². The summed E-state index contributed by atoms with van der Waals surface area (Å²) < 4.78 is 17.5. The molecular weight excluding hydrogens is 246 g/mol. The van der Waals surface area contributed by atoms with Crippen LogP contribution in [0.5, 0.6) is 17.2 Å². The highest BCUT2D eigenvalue weighted by atomic mass is 16.5. The molecule has 19 heavy (non-hydrogen) atoms. The molecule has 0 aliphatic carbocycles. The largest absolute Gasteiger partial charge is 0.493 e. The minimum Gasteiger partial charge on any atom is -0.493 e. The van der Waals surface area contributed by atoms with Crippen LogP contribution in [0.1, 0.15) is 0 Å². The molecule has 2 aromatic rings. The van der Waals surface area contributed by atoms with Gasteiger partial charge in [-0.2, -0.15) is 5.10 Å². The molecule has 102 valence electrons. The first-order valence-corrected chi connectivity index (χ1v) is 5.70. The molecule has 0 saturated heterocycles. The minimum atomic E-state index is 0.553. The van der Waals surface area contributed by atoms with Crippen molar-refractivity contribution in [2.45, 2.75) is 0 Å². The zero-order valence-electron chi connectivity index (χ0n) is 11.4. The lowest BCUT2D eigenvalue weighted by Gasteiger charge is -2.13. The normalized spacial score (nSPS) is 10.3. The summed E-state index contributed by atoms with van der Waals surface area (Å²) in [7, 11) is 6.51. The van der Waals surface area contributed by atoms with Crippen LogP contribution in [-0.2, 0) is 7.05 Å². The number of hydrogen-bond donors (Lipinski definition) is 1. The Bertz CT molecular complexity index is 548. The number of aromatic nitrogens is 2. The number of nitrogen functional groups attached to an aromatic ring is 1. The molecule has 1 aromatic carbocycles. The Morgan fingerprint density at radius 1 is 1.00 bits per heavy atom. The van der Waals surface area contributed by atoms with Gasteiger partial charge in [-0.25, -0.2) is 0 Å². The van der Waals surface area contributed by atoms with Gasteiger partial charge in [-0.15, -0.1) is 0 Å². The van der Waals surface area contributed by atoms with Crippen molar-refractivity contribution in [3.05, 3.63) is 18.2 Å². The van der Waals surface area contributed by atoms with Crippen molar-refractivity contribution in [1.82, 2.24) is 9.78 Å². The second-order valence-corrected chi connectivity index (χ2v) is 3.99. The molecule has 0 saturated carbocycles. The molecule has 0 aliphatic rings. The van der Waals surface area contributed by atoms with Gasteiger partial charge in [0.15, 0.2) is 11.5 Å². The monoisotopic (exact) mass is 263 g/mol. The van der Waals surface area contributed by atoms with E-state index in [4.69, 9.17) is 19.9 Å². The maximum absolute atomic E-state index is 5.79. The lowest BCUT2D eigenvalue weighted by atomic mass is 10.1. The van der Waals surface area contributed by atoms with Gasteiger partial charge in [-0.3, -0.25) is 4.68 Å². The Hall–Kier alpha value is -2.37. The van der Waals surface area contributed by atoms with Crippen LogP contribution in [0.4, 0.5) is 5.82 Å². The van der Waals surface area contributed by atoms with Crippen LogP contribution < -0.4 is 19.9 Å². The number of rotatable bonds is 4. The third kappa shape index (κ3) is 2.29. The summed E-state index contributed by atoms with van der Waals surface area (Å²) in [5.74, 6) is 2.31. The van der Waals surface area contributed by atoms with E-state index in [2.05, 4.69) is 5.10 Å². The van der Waals surface area contributed by atoms with Gasteiger partial charge in [0.25, 0.3) is 0 Å². The molecule has 0 aliphatic heterocycles. The second-order valence-electron chi connectivity index (χ2n) is 3.99. The fraction of sp³-hybridized carbons (Fsp3) is 0.308. The quantitative estimate of drug-likeness (QED) is 0.909. The molecule has 2 rings (SSSR count). The summed E-state index contributed by atoms with van der Waals surface area (Å²) in [4.78, 5) is 0. The summed E-state index contributed by atoms with van der Waals surface area (Å²) in [6.07, 6.45) is 0. The Balaban J connectivity index is 2.58. The van der Waals surface area contributed by atoms with Crippen molar-refractivity contribution >= 4 is 5.82 Å². The average molecular weight is 263 g/mol. The first kappa shape index (κ1) is 13.1. The number of aryl methyl sites for hydroxylation is 1. The van der Waals surface area contributed by atoms with Crippen molar-refractivity contribution in [1.29, 1.82) is 0 Å². The first-order chi connectivity index (χ1) is 9.10. The SMILES string of the molecule is COc1cc(-c2cc(N)n(C)n2)cc(OC)c1OC. The van der Waals surface area contributed by atoms with Crippen LogP contribution in [0.3, 0.4) is 0 Å². The molecule has 2 N–H and O–H groups in total. The smallest absolute Gasteiger partial charge is 0.203 e. The van der Waals surface area contributed by atoms with E-state index in [0.717, 1.165) is 11.3 Å². The molecule has 0 bridgehead atoms. The second kappa shape index (κ2) is 5.09. The number of nitrogens with two attached hydrogens (primary N) is 1. The Labute approximate surface area is 111 Å². The highest BCUT2D eigenvalue weighted by molar-refractivity contribution is 5.70. The fourth-order valence-electron chi connectivity index (χ4n) is 1.85. The predicted octanol–water partition coefficient (Wildman–Crippen LogP) is 1.70. The summed E-state index contributed by atoms with van der Waals surface area (Å²) in [5, 5.41) is 4.33. The van der Waals surface area contributed by atoms with E-state index in [1.807, 2.05) is 12.1 Å². The van der Waals surface area contributed by atoms with E-state index >= 15 is 0 Å². The summed E-state index contributed by atoms with van der Waals surface area (Å²) in [6, 6.07) is 5.47.